The van der Waals surface area contributed by atoms with Gasteiger partial charge in [-0.05, 0) is 30.7 Å². The number of carbonyl (C=O) groups excluding carboxylic acids is 1. The Morgan fingerprint density at radius 2 is 1.88 bits per heavy atom. The van der Waals surface area contributed by atoms with Crippen molar-refractivity contribution >= 4 is 5.91 Å². The quantitative estimate of drug-likeness (QED) is 0.390. The van der Waals surface area contributed by atoms with E-state index in [4.69, 9.17) is 15.4 Å². The maximum absolute atomic E-state index is 13.5. The van der Waals surface area contributed by atoms with Gasteiger partial charge in [-0.15, -0.1) is 0 Å². The number of hydroxylamine groups is 1. The molecular formula is C17H20FN3O3. The molecule has 7 heteroatoms. The zero-order chi connectivity index (χ0) is 17.4. The summed E-state index contributed by atoms with van der Waals surface area (Å²) in [6.07, 6.45) is 0. The number of benzene rings is 2. The molecule has 2 aromatic carbocycles. The van der Waals surface area contributed by atoms with Crippen molar-refractivity contribution in [2.24, 2.45) is 5.84 Å². The lowest BCUT2D eigenvalue weighted by molar-refractivity contribution is -0.127. The molecule has 1 amide bonds. The van der Waals surface area contributed by atoms with E-state index in [1.54, 1.807) is 37.3 Å². The van der Waals surface area contributed by atoms with Crippen molar-refractivity contribution in [1.82, 2.24) is 10.9 Å². The topological polar surface area (TPSA) is 85.6 Å². The third-order valence-electron chi connectivity index (χ3n) is 3.31. The normalized spacial score (nSPS) is 11.8. The minimum absolute atomic E-state index is 0.162. The van der Waals surface area contributed by atoms with Gasteiger partial charge in [-0.25, -0.2) is 10.2 Å². The van der Waals surface area contributed by atoms with Gasteiger partial charge in [0.05, 0.1) is 6.61 Å². The fourth-order valence-electron chi connectivity index (χ4n) is 1.89. The van der Waals surface area contributed by atoms with Crippen LogP contribution in [0.4, 0.5) is 4.39 Å². The summed E-state index contributed by atoms with van der Waals surface area (Å²) < 4.78 is 19.1. The molecule has 0 fully saturated rings. The van der Waals surface area contributed by atoms with Gasteiger partial charge in [-0.3, -0.25) is 15.1 Å². The molecular weight excluding hydrogens is 313 g/mol. The summed E-state index contributed by atoms with van der Waals surface area (Å²) in [6, 6.07) is 13.1. The summed E-state index contributed by atoms with van der Waals surface area (Å²) in [5, 5.41) is 0. The maximum Gasteiger partial charge on any atom is 0.253 e. The van der Waals surface area contributed by atoms with E-state index in [-0.39, 0.29) is 24.9 Å². The smallest absolute Gasteiger partial charge is 0.253 e. The van der Waals surface area contributed by atoms with E-state index in [0.29, 0.717) is 11.3 Å². The summed E-state index contributed by atoms with van der Waals surface area (Å²) in [4.78, 5) is 16.4. The minimum Gasteiger partial charge on any atom is -0.489 e. The molecule has 4 N–H and O–H groups in total. The van der Waals surface area contributed by atoms with E-state index in [2.05, 4.69) is 5.48 Å². The predicted molar refractivity (Wildman–Crippen MR) is 86.9 cm³/mol. The summed E-state index contributed by atoms with van der Waals surface area (Å²) in [7, 11) is 0. The van der Waals surface area contributed by atoms with Gasteiger partial charge < -0.3 is 4.74 Å². The number of halogens is 1. The molecule has 0 aliphatic carbocycles. The first kappa shape index (κ1) is 17.9. The minimum atomic E-state index is -0.557. The van der Waals surface area contributed by atoms with E-state index in [0.717, 1.165) is 5.56 Å². The Labute approximate surface area is 139 Å². The van der Waals surface area contributed by atoms with Gasteiger partial charge in [0, 0.05) is 5.56 Å². The third kappa shape index (κ3) is 5.31. The Hall–Kier alpha value is -2.48. The molecule has 0 bridgehead atoms. The van der Waals surface area contributed by atoms with E-state index < -0.39 is 6.04 Å². The second kappa shape index (κ2) is 8.97. The molecule has 2 rings (SSSR count). The molecule has 24 heavy (non-hydrogen) atoms. The highest BCUT2D eigenvalue weighted by Crippen LogP contribution is 2.16. The third-order valence-corrected chi connectivity index (χ3v) is 3.31. The second-order valence-corrected chi connectivity index (χ2v) is 5.16. The first-order valence-electron chi connectivity index (χ1n) is 7.43. The largest absolute Gasteiger partial charge is 0.489 e. The number of carbonyl (C=O) groups is 1. The van der Waals surface area contributed by atoms with Gasteiger partial charge in [0.2, 0.25) is 0 Å². The van der Waals surface area contributed by atoms with Crippen LogP contribution in [0, 0.1) is 5.82 Å². The van der Waals surface area contributed by atoms with Crippen LogP contribution >= 0.6 is 0 Å². The fraction of sp³-hybridized carbons (Fsp3) is 0.235. The number of rotatable bonds is 8. The van der Waals surface area contributed by atoms with Crippen molar-refractivity contribution in [1.29, 1.82) is 0 Å². The number of nitrogens with one attached hydrogen (secondary N) is 2. The Balaban J connectivity index is 1.78. The number of hydrogen-bond acceptors (Lipinski definition) is 5. The molecule has 1 unspecified atom stereocenters. The SMILES string of the molecule is CC(NOCc1ccc(OCc2ccccc2F)cc1)C(=O)NN. The number of hydrazine groups is 1. The van der Waals surface area contributed by atoms with Gasteiger partial charge in [0.25, 0.3) is 5.91 Å². The summed E-state index contributed by atoms with van der Waals surface area (Å²) in [6.45, 7) is 2.06. The summed E-state index contributed by atoms with van der Waals surface area (Å²) in [5.41, 5.74) is 6.00. The summed E-state index contributed by atoms with van der Waals surface area (Å²) >= 11 is 0. The molecule has 128 valence electrons. The van der Waals surface area contributed by atoms with Crippen molar-refractivity contribution in [3.8, 4) is 5.75 Å². The van der Waals surface area contributed by atoms with Crippen LogP contribution in [0.3, 0.4) is 0 Å². The fourth-order valence-corrected chi connectivity index (χ4v) is 1.89. The van der Waals surface area contributed by atoms with Crippen molar-refractivity contribution in [3.63, 3.8) is 0 Å². The van der Waals surface area contributed by atoms with E-state index >= 15 is 0 Å². The van der Waals surface area contributed by atoms with E-state index in [1.165, 1.54) is 6.07 Å². The Morgan fingerprint density at radius 3 is 2.54 bits per heavy atom. The predicted octanol–water partition coefficient (Wildman–Crippen LogP) is 1.80. The monoisotopic (exact) mass is 333 g/mol. The number of nitrogens with two attached hydrogens (primary N) is 1. The van der Waals surface area contributed by atoms with Gasteiger partial charge in [-0.2, -0.15) is 5.48 Å². The zero-order valence-corrected chi connectivity index (χ0v) is 13.3. The molecule has 0 saturated heterocycles. The molecule has 0 aliphatic heterocycles. The Morgan fingerprint density at radius 1 is 1.17 bits per heavy atom. The van der Waals surface area contributed by atoms with Gasteiger partial charge in [0.15, 0.2) is 0 Å². The highest BCUT2D eigenvalue weighted by Gasteiger charge is 2.10. The van der Waals surface area contributed by atoms with Gasteiger partial charge >= 0.3 is 0 Å². The molecule has 0 aliphatic rings. The molecule has 0 saturated carbocycles. The maximum atomic E-state index is 13.5. The van der Waals surface area contributed by atoms with Gasteiger partial charge in [0.1, 0.15) is 24.2 Å². The van der Waals surface area contributed by atoms with Crippen molar-refractivity contribution < 1.29 is 18.8 Å². The van der Waals surface area contributed by atoms with Crippen LogP contribution in [-0.4, -0.2) is 11.9 Å². The number of amides is 1. The Bertz CT molecular complexity index is 664. The van der Waals surface area contributed by atoms with Crippen LogP contribution < -0.4 is 21.5 Å². The number of hydrogen-bond donors (Lipinski definition) is 3. The van der Waals surface area contributed by atoms with Crippen LogP contribution in [0.5, 0.6) is 5.75 Å². The molecule has 1 atom stereocenters. The van der Waals surface area contributed by atoms with Crippen molar-refractivity contribution in [2.75, 3.05) is 0 Å². The van der Waals surface area contributed by atoms with Crippen LogP contribution in [0.25, 0.3) is 0 Å². The molecule has 0 aromatic heterocycles. The molecule has 0 heterocycles. The van der Waals surface area contributed by atoms with Crippen molar-refractivity contribution in [2.45, 2.75) is 26.2 Å². The average Bonchev–Trinajstić information content (AvgIpc) is 2.61. The molecule has 2 aromatic rings. The summed E-state index contributed by atoms with van der Waals surface area (Å²) in [5.74, 6) is 4.99. The average molecular weight is 333 g/mol. The van der Waals surface area contributed by atoms with E-state index in [1.807, 2.05) is 17.6 Å². The highest BCUT2D eigenvalue weighted by atomic mass is 19.1. The lowest BCUT2D eigenvalue weighted by atomic mass is 10.2. The second-order valence-electron chi connectivity index (χ2n) is 5.16. The Kier molecular flexibility index (Phi) is 6.68. The van der Waals surface area contributed by atoms with Crippen LogP contribution in [-0.2, 0) is 22.8 Å². The lowest BCUT2D eigenvalue weighted by Gasteiger charge is -2.12. The van der Waals surface area contributed by atoms with E-state index in [9.17, 15) is 9.18 Å². The zero-order valence-electron chi connectivity index (χ0n) is 13.3. The van der Waals surface area contributed by atoms with Crippen LogP contribution in [0.15, 0.2) is 48.5 Å². The van der Waals surface area contributed by atoms with Crippen molar-refractivity contribution in [3.05, 3.63) is 65.5 Å². The van der Waals surface area contributed by atoms with Crippen LogP contribution in [0.2, 0.25) is 0 Å². The standard InChI is InChI=1S/C17H20FN3O3/c1-12(17(22)20-19)21-24-10-13-6-8-15(9-7-13)23-11-14-4-2-3-5-16(14)18/h2-9,12,21H,10-11,19H2,1H3,(H,20,22). The lowest BCUT2D eigenvalue weighted by Crippen LogP contribution is -2.44. The number of ether oxygens (including phenoxy) is 1. The first-order chi connectivity index (χ1) is 11.6. The molecule has 0 radical (unpaired) electrons. The molecule has 0 spiro atoms. The highest BCUT2D eigenvalue weighted by molar-refractivity contribution is 5.80. The van der Waals surface area contributed by atoms with Crippen LogP contribution in [0.1, 0.15) is 18.1 Å². The molecule has 6 nitrogen and oxygen atoms in total. The first-order valence-corrected chi connectivity index (χ1v) is 7.43. The van der Waals surface area contributed by atoms with Gasteiger partial charge in [-0.1, -0.05) is 30.3 Å².